The molecular formula is C19H29NO2. The Balaban J connectivity index is 1.98. The predicted molar refractivity (Wildman–Crippen MR) is 91.3 cm³/mol. The lowest BCUT2D eigenvalue weighted by molar-refractivity contribution is -0.0191. The molecule has 1 aromatic rings. The summed E-state index contributed by atoms with van der Waals surface area (Å²) in [5, 5.41) is 10.4. The van der Waals surface area contributed by atoms with Gasteiger partial charge in [-0.2, -0.15) is 0 Å². The fourth-order valence-electron chi connectivity index (χ4n) is 3.27. The smallest absolute Gasteiger partial charge is 0.122 e. The molecule has 1 unspecified atom stereocenters. The predicted octanol–water partition coefficient (Wildman–Crippen LogP) is 3.55. The molecule has 1 N–H and O–H groups in total. The van der Waals surface area contributed by atoms with Crippen LogP contribution >= 0.6 is 0 Å². The molecule has 0 fully saturated rings. The van der Waals surface area contributed by atoms with E-state index < -0.39 is 6.10 Å². The molecule has 0 saturated carbocycles. The Kier molecular flexibility index (Phi) is 4.98. The molecule has 3 nitrogen and oxygen atoms in total. The van der Waals surface area contributed by atoms with Crippen molar-refractivity contribution in [3.8, 4) is 5.75 Å². The third-order valence-electron chi connectivity index (χ3n) is 4.49. The summed E-state index contributed by atoms with van der Waals surface area (Å²) in [5.41, 5.74) is 1.09. The molecular weight excluding hydrogens is 274 g/mol. The van der Waals surface area contributed by atoms with Gasteiger partial charge in [0.15, 0.2) is 0 Å². The van der Waals surface area contributed by atoms with Crippen molar-refractivity contribution in [2.24, 2.45) is 0 Å². The topological polar surface area (TPSA) is 32.7 Å². The van der Waals surface area contributed by atoms with Crippen molar-refractivity contribution >= 4 is 0 Å². The molecule has 0 amide bonds. The van der Waals surface area contributed by atoms with E-state index in [1.165, 1.54) is 0 Å². The zero-order valence-electron chi connectivity index (χ0n) is 14.5. The number of aryl methyl sites for hydroxylation is 1. The van der Waals surface area contributed by atoms with E-state index in [0.29, 0.717) is 13.2 Å². The lowest BCUT2D eigenvalue weighted by Crippen LogP contribution is -2.59. The molecule has 1 atom stereocenters. The van der Waals surface area contributed by atoms with Crippen LogP contribution in [0, 0.1) is 6.92 Å². The SMILES string of the molecule is Cc1ccccc1OCC(O)CN1C(C)(C)C=CCC1(C)C. The van der Waals surface area contributed by atoms with Crippen LogP contribution in [0.1, 0.15) is 39.7 Å². The summed E-state index contributed by atoms with van der Waals surface area (Å²) in [6.45, 7) is 11.8. The summed E-state index contributed by atoms with van der Waals surface area (Å²) in [6, 6.07) is 7.91. The monoisotopic (exact) mass is 303 g/mol. The molecule has 2 rings (SSSR count). The maximum absolute atomic E-state index is 10.4. The number of nitrogens with zero attached hydrogens (tertiary/aromatic N) is 1. The Labute approximate surface area is 134 Å². The first kappa shape index (κ1) is 17.0. The standard InChI is InChI=1S/C19H29NO2/c1-15-9-6-7-10-17(15)22-14-16(21)13-20-18(2,3)11-8-12-19(20,4)5/h6-11,16,21H,12-14H2,1-5H3. The first-order valence-electron chi connectivity index (χ1n) is 8.04. The van der Waals surface area contributed by atoms with Crippen molar-refractivity contribution < 1.29 is 9.84 Å². The minimum absolute atomic E-state index is 0.0435. The van der Waals surface area contributed by atoms with Gasteiger partial charge < -0.3 is 9.84 Å². The Bertz CT molecular complexity index is 534. The number of benzene rings is 1. The average molecular weight is 303 g/mol. The second kappa shape index (κ2) is 6.43. The Hall–Kier alpha value is -1.32. The minimum atomic E-state index is -0.510. The van der Waals surface area contributed by atoms with Gasteiger partial charge >= 0.3 is 0 Å². The van der Waals surface area contributed by atoms with Gasteiger partial charge in [0, 0.05) is 17.6 Å². The van der Waals surface area contributed by atoms with Crippen LogP contribution in [0.25, 0.3) is 0 Å². The molecule has 0 radical (unpaired) electrons. The number of hydrogen-bond acceptors (Lipinski definition) is 3. The van der Waals surface area contributed by atoms with Gasteiger partial charge in [-0.25, -0.2) is 0 Å². The second-order valence-electron chi connectivity index (χ2n) is 7.41. The van der Waals surface area contributed by atoms with Gasteiger partial charge in [-0.15, -0.1) is 0 Å². The van der Waals surface area contributed by atoms with Gasteiger partial charge in [0.2, 0.25) is 0 Å². The van der Waals surface area contributed by atoms with Crippen LogP contribution in [0.3, 0.4) is 0 Å². The van der Waals surface area contributed by atoms with E-state index in [9.17, 15) is 5.11 Å². The van der Waals surface area contributed by atoms with Crippen molar-refractivity contribution in [2.45, 2.75) is 58.2 Å². The van der Waals surface area contributed by atoms with Crippen molar-refractivity contribution in [1.82, 2.24) is 4.90 Å². The van der Waals surface area contributed by atoms with Crippen LogP contribution in [-0.4, -0.2) is 40.3 Å². The lowest BCUT2D eigenvalue weighted by Gasteiger charge is -2.50. The maximum Gasteiger partial charge on any atom is 0.122 e. The normalized spacial score (nSPS) is 21.5. The second-order valence-corrected chi connectivity index (χ2v) is 7.41. The number of β-amino-alcohol motifs (C(OH)–C–C–N with tert-alkyl or cyclic N) is 1. The fraction of sp³-hybridized carbons (Fsp3) is 0.579. The highest BCUT2D eigenvalue weighted by atomic mass is 16.5. The van der Waals surface area contributed by atoms with E-state index in [1.807, 2.05) is 31.2 Å². The number of hydrogen-bond donors (Lipinski definition) is 1. The van der Waals surface area contributed by atoms with Crippen LogP contribution in [0.2, 0.25) is 0 Å². The number of para-hydroxylation sites is 1. The van der Waals surface area contributed by atoms with Crippen molar-refractivity contribution in [3.63, 3.8) is 0 Å². The summed E-state index contributed by atoms with van der Waals surface area (Å²) in [7, 11) is 0. The highest BCUT2D eigenvalue weighted by Gasteiger charge is 2.39. The van der Waals surface area contributed by atoms with Crippen molar-refractivity contribution in [1.29, 1.82) is 0 Å². The fourth-order valence-corrected chi connectivity index (χ4v) is 3.27. The summed E-state index contributed by atoms with van der Waals surface area (Å²) >= 11 is 0. The molecule has 122 valence electrons. The first-order chi connectivity index (χ1) is 10.2. The summed E-state index contributed by atoms with van der Waals surface area (Å²) < 4.78 is 5.78. The quantitative estimate of drug-likeness (QED) is 0.844. The average Bonchev–Trinajstić information content (AvgIpc) is 2.42. The van der Waals surface area contributed by atoms with Crippen LogP contribution in [0.15, 0.2) is 36.4 Å². The van der Waals surface area contributed by atoms with Gasteiger partial charge in [-0.3, -0.25) is 4.90 Å². The number of aliphatic hydroxyl groups is 1. The third kappa shape index (κ3) is 3.90. The van der Waals surface area contributed by atoms with Gasteiger partial charge in [-0.1, -0.05) is 30.4 Å². The van der Waals surface area contributed by atoms with E-state index >= 15 is 0 Å². The third-order valence-corrected chi connectivity index (χ3v) is 4.49. The van der Waals surface area contributed by atoms with Gasteiger partial charge in [-0.05, 0) is 52.7 Å². The molecule has 3 heteroatoms. The summed E-state index contributed by atoms with van der Waals surface area (Å²) in [4.78, 5) is 2.37. The minimum Gasteiger partial charge on any atom is -0.491 e. The van der Waals surface area contributed by atoms with E-state index in [-0.39, 0.29) is 11.1 Å². The molecule has 1 aromatic carbocycles. The van der Waals surface area contributed by atoms with E-state index in [0.717, 1.165) is 17.7 Å². The molecule has 1 heterocycles. The van der Waals surface area contributed by atoms with E-state index in [1.54, 1.807) is 0 Å². The molecule has 22 heavy (non-hydrogen) atoms. The van der Waals surface area contributed by atoms with Crippen LogP contribution < -0.4 is 4.74 Å². The highest BCUT2D eigenvalue weighted by Crippen LogP contribution is 2.33. The van der Waals surface area contributed by atoms with E-state index in [4.69, 9.17) is 4.74 Å². The Morgan fingerprint density at radius 1 is 1.23 bits per heavy atom. The van der Waals surface area contributed by atoms with Gasteiger partial charge in [0.25, 0.3) is 0 Å². The van der Waals surface area contributed by atoms with Crippen LogP contribution in [-0.2, 0) is 0 Å². The maximum atomic E-state index is 10.4. The molecule has 1 aliphatic rings. The molecule has 0 spiro atoms. The molecule has 1 aliphatic heterocycles. The molecule has 0 saturated heterocycles. The largest absolute Gasteiger partial charge is 0.491 e. The lowest BCUT2D eigenvalue weighted by atomic mass is 9.84. The summed E-state index contributed by atoms with van der Waals surface area (Å²) in [6.07, 6.45) is 4.96. The highest BCUT2D eigenvalue weighted by molar-refractivity contribution is 5.31. The van der Waals surface area contributed by atoms with Gasteiger partial charge in [0.05, 0.1) is 0 Å². The molecule has 0 bridgehead atoms. The Morgan fingerprint density at radius 2 is 1.91 bits per heavy atom. The van der Waals surface area contributed by atoms with E-state index in [2.05, 4.69) is 44.7 Å². The molecule has 0 aromatic heterocycles. The first-order valence-corrected chi connectivity index (χ1v) is 8.04. The molecule has 0 aliphatic carbocycles. The van der Waals surface area contributed by atoms with Crippen molar-refractivity contribution in [2.75, 3.05) is 13.2 Å². The van der Waals surface area contributed by atoms with Crippen molar-refractivity contribution in [3.05, 3.63) is 42.0 Å². The zero-order valence-corrected chi connectivity index (χ0v) is 14.5. The zero-order chi connectivity index (χ0) is 16.4. The Morgan fingerprint density at radius 3 is 2.55 bits per heavy atom. The van der Waals surface area contributed by atoms with Gasteiger partial charge in [0.1, 0.15) is 18.5 Å². The van der Waals surface area contributed by atoms with Crippen LogP contribution in [0.4, 0.5) is 0 Å². The number of aliphatic hydroxyl groups excluding tert-OH is 1. The van der Waals surface area contributed by atoms with Crippen LogP contribution in [0.5, 0.6) is 5.75 Å². The summed E-state index contributed by atoms with van der Waals surface area (Å²) in [5.74, 6) is 0.846. The number of ether oxygens (including phenoxy) is 1. The number of rotatable bonds is 5.